The van der Waals surface area contributed by atoms with Crippen molar-refractivity contribution in [2.45, 2.75) is 79.1 Å². The number of nitrogens with two attached hydrogens (primary N) is 1. The third-order valence-corrected chi connectivity index (χ3v) is 12.3. The van der Waals surface area contributed by atoms with Crippen molar-refractivity contribution in [2.75, 3.05) is 94.1 Å². The van der Waals surface area contributed by atoms with Crippen LogP contribution in [-0.2, 0) is 44.2 Å². The van der Waals surface area contributed by atoms with E-state index in [-0.39, 0.29) is 74.1 Å². The Kier molecular flexibility index (Phi) is 21.3. The molecule has 6 aliphatic heterocycles. The van der Waals surface area contributed by atoms with Crippen LogP contribution in [0.15, 0.2) is 54.6 Å². The monoisotopic (exact) mass is 1210 g/mol. The van der Waals surface area contributed by atoms with Crippen LogP contribution in [0.4, 0.5) is 60.4 Å². The number of nitro benzene ring substituents is 2. The number of halogens is 4. The van der Waals surface area contributed by atoms with Crippen molar-refractivity contribution in [1.82, 2.24) is 20.0 Å². The second kappa shape index (κ2) is 25.4. The molecule has 0 unspecified atom stereocenters. The standard InChI is InChI=1S/C16H20FN3O4.C16H22FN3O2.C10H18N2O2.C6H3F2NO2.C2H2O4.CH3.Pd/c1-15(2,3)24-14(21)19-9-16(10-19)7-18(8-16)13-5-4-11(20(22)23)6-12(13)17;1-15(2,3)22-14(21)20-9-16(10-20)7-19(8-16)13-5-4-11(18)6-12(13)17;1-9(2,3)14-8(13)12-6-10(7-12)4-11-5-10;7-5-2-1-4(9(10)11)3-6(5)8;3-1(4)2(5)6;;/h4-6H,7-10H2,1-3H3;4-6H,7-10,18H2,1-3H3;11H,4-7H2,1-3H3;1-3H;(H,3,4)(H,5,6);1H3;/q;;;;;-1;. The van der Waals surface area contributed by atoms with E-state index < -0.39 is 56.1 Å². The Morgan fingerprint density at radius 2 is 0.848 bits per heavy atom. The van der Waals surface area contributed by atoms with E-state index in [9.17, 15) is 52.2 Å². The minimum atomic E-state index is -1.82. The minimum Gasteiger partial charge on any atom is -0.473 e. The van der Waals surface area contributed by atoms with Crippen molar-refractivity contribution in [3.05, 3.63) is 106 Å². The van der Waals surface area contributed by atoms with Crippen LogP contribution in [0.25, 0.3) is 0 Å². The van der Waals surface area contributed by atoms with Gasteiger partial charge in [-0.15, -0.1) is 0 Å². The second-order valence-electron chi connectivity index (χ2n) is 22.9. The summed E-state index contributed by atoms with van der Waals surface area (Å²) in [6.07, 6.45) is -0.765. The van der Waals surface area contributed by atoms with E-state index in [1.807, 2.05) is 72.1 Å². The van der Waals surface area contributed by atoms with Crippen LogP contribution in [0.2, 0.25) is 0 Å². The first-order valence-corrected chi connectivity index (χ1v) is 24.1. The summed E-state index contributed by atoms with van der Waals surface area (Å²) in [5, 5.41) is 38.6. The van der Waals surface area contributed by atoms with E-state index in [4.69, 9.17) is 39.7 Å². The van der Waals surface area contributed by atoms with Crippen molar-refractivity contribution in [3.8, 4) is 0 Å². The van der Waals surface area contributed by atoms with E-state index >= 15 is 0 Å². The molecular formula is C51H68F4N9O14Pd-. The van der Waals surface area contributed by atoms with E-state index in [2.05, 4.69) is 5.32 Å². The molecule has 6 saturated heterocycles. The SMILES string of the molecule is CC(C)(C)OC(=O)N1CC2(C1)CN(c1ccc(N)cc1F)C2.CC(C)(C)OC(=O)N1CC2(C1)CN(c1ccc([N+](=O)[O-])cc1F)C2.CC(C)(C)OC(=O)N1CC2(CNC2)C1.O=C(O)C(=O)O.O=[N+]([O-])c1ccc(F)c(F)c1.[CH3-].[Pd]. The molecule has 9 rings (SSSR count). The van der Waals surface area contributed by atoms with Gasteiger partial charge in [-0.2, -0.15) is 0 Å². The maximum absolute atomic E-state index is 14.0. The van der Waals surface area contributed by atoms with Gasteiger partial charge in [0.05, 0.1) is 33.4 Å². The molecule has 0 radical (unpaired) electrons. The number of carbonyl (C=O) groups is 5. The summed E-state index contributed by atoms with van der Waals surface area (Å²) in [6, 6.07) is 10.6. The number of benzene rings is 3. The number of rotatable bonds is 4. The van der Waals surface area contributed by atoms with Crippen molar-refractivity contribution in [3.63, 3.8) is 0 Å². The number of ether oxygens (including phenoxy) is 3. The van der Waals surface area contributed by atoms with Crippen molar-refractivity contribution < 1.29 is 96.2 Å². The first kappa shape index (κ1) is 66.2. The Hall–Kier alpha value is -7.05. The Bertz CT molecular complexity index is 2710. The third kappa shape index (κ3) is 18.0. The number of amides is 3. The third-order valence-electron chi connectivity index (χ3n) is 12.3. The fraction of sp³-hybridized carbons (Fsp3) is 0.529. The molecule has 0 aromatic heterocycles. The molecule has 0 aliphatic carbocycles. The number of nitrogens with zero attached hydrogens (tertiary/aromatic N) is 7. The van der Waals surface area contributed by atoms with Crippen LogP contribution in [0, 0.1) is 67.2 Å². The number of anilines is 3. The van der Waals surface area contributed by atoms with Gasteiger partial charge in [-0.25, -0.2) is 41.5 Å². The topological polar surface area (TPSA) is 294 Å². The van der Waals surface area contributed by atoms with Gasteiger partial charge in [0.25, 0.3) is 11.4 Å². The summed E-state index contributed by atoms with van der Waals surface area (Å²) in [6.45, 7) is 25.8. The van der Waals surface area contributed by atoms with Gasteiger partial charge < -0.3 is 67.4 Å². The molecule has 3 aromatic rings. The summed E-state index contributed by atoms with van der Waals surface area (Å²) in [7, 11) is 0. The number of carbonyl (C=O) groups excluding carboxylic acids is 3. The fourth-order valence-electron chi connectivity index (χ4n) is 8.87. The molecule has 0 atom stereocenters. The molecule has 6 fully saturated rings. The first-order chi connectivity index (χ1) is 35.4. The number of hydrogen-bond donors (Lipinski definition) is 4. The van der Waals surface area contributed by atoms with Gasteiger partial charge in [-0.05, 0) is 92.6 Å². The van der Waals surface area contributed by atoms with Crippen molar-refractivity contribution in [1.29, 1.82) is 0 Å². The molecule has 440 valence electrons. The maximum Gasteiger partial charge on any atom is 0.414 e. The Balaban J connectivity index is 0.000000274. The van der Waals surface area contributed by atoms with Crippen LogP contribution >= 0.6 is 0 Å². The van der Waals surface area contributed by atoms with Gasteiger partial charge in [0.1, 0.15) is 22.6 Å². The number of carboxylic acids is 2. The summed E-state index contributed by atoms with van der Waals surface area (Å²) in [4.78, 5) is 81.8. The number of hydrogen-bond acceptors (Lipinski definition) is 16. The van der Waals surface area contributed by atoms with Crippen LogP contribution in [0.5, 0.6) is 0 Å². The zero-order valence-electron chi connectivity index (χ0n) is 45.5. The maximum atomic E-state index is 14.0. The Morgan fingerprint density at radius 3 is 1.13 bits per heavy atom. The van der Waals surface area contributed by atoms with Gasteiger partial charge in [-0.3, -0.25) is 20.2 Å². The number of carboxylic acid groups (broad SMARTS) is 2. The summed E-state index contributed by atoms with van der Waals surface area (Å²) in [5.74, 6) is -6.83. The molecule has 28 heteroatoms. The largest absolute Gasteiger partial charge is 0.473 e. The number of likely N-dealkylation sites (tertiary alicyclic amines) is 3. The van der Waals surface area contributed by atoms with Gasteiger partial charge in [-0.1, -0.05) is 0 Å². The molecule has 23 nitrogen and oxygen atoms in total. The molecule has 6 aliphatic rings. The number of non-ortho nitro benzene ring substituents is 2. The molecule has 0 bridgehead atoms. The van der Waals surface area contributed by atoms with Crippen molar-refractivity contribution in [2.24, 2.45) is 16.2 Å². The van der Waals surface area contributed by atoms with Gasteiger partial charge in [0.2, 0.25) is 0 Å². The normalized spacial score (nSPS) is 17.4. The Labute approximate surface area is 468 Å². The molecule has 5 N–H and O–H groups in total. The smallest absolute Gasteiger partial charge is 0.414 e. The zero-order valence-corrected chi connectivity index (χ0v) is 47.1. The van der Waals surface area contributed by atoms with Crippen LogP contribution in [0.3, 0.4) is 0 Å². The average molecular weight is 1210 g/mol. The Morgan fingerprint density at radius 1 is 0.532 bits per heavy atom. The number of nitrogens with one attached hydrogen (secondary N) is 1. The van der Waals surface area contributed by atoms with Gasteiger partial charge >= 0.3 is 30.2 Å². The summed E-state index contributed by atoms with van der Waals surface area (Å²) >= 11 is 0. The zero-order chi connectivity index (χ0) is 57.8. The molecular weight excluding hydrogens is 1150 g/mol. The number of nitrogen functional groups attached to an aromatic ring is 1. The molecule has 6 heterocycles. The van der Waals surface area contributed by atoms with E-state index in [0.29, 0.717) is 73.9 Å². The van der Waals surface area contributed by atoms with Crippen molar-refractivity contribution >= 4 is 58.7 Å². The quantitative estimate of drug-likeness (QED) is 0.0286. The van der Waals surface area contributed by atoms with E-state index in [1.54, 1.807) is 26.8 Å². The van der Waals surface area contributed by atoms with Gasteiger partial charge in [0, 0.05) is 133 Å². The minimum absolute atomic E-state index is 0. The summed E-state index contributed by atoms with van der Waals surface area (Å²) in [5.41, 5.74) is 5.30. The van der Waals surface area contributed by atoms with Gasteiger partial charge in [0.15, 0.2) is 17.5 Å². The molecule has 3 spiro atoms. The van der Waals surface area contributed by atoms with Crippen LogP contribution in [-0.4, -0.2) is 160 Å². The van der Waals surface area contributed by atoms with E-state index in [1.165, 1.54) is 18.2 Å². The fourth-order valence-corrected chi connectivity index (χ4v) is 8.87. The summed E-state index contributed by atoms with van der Waals surface area (Å²) < 4.78 is 68.3. The molecule has 0 saturated carbocycles. The predicted molar refractivity (Wildman–Crippen MR) is 277 cm³/mol. The number of nitro groups is 2. The van der Waals surface area contributed by atoms with Crippen LogP contribution < -0.4 is 20.9 Å². The second-order valence-corrected chi connectivity index (χ2v) is 22.9. The first-order valence-electron chi connectivity index (χ1n) is 24.1. The average Bonchev–Trinajstić information content (AvgIpc) is 3.18. The molecule has 3 amide bonds. The predicted octanol–water partition coefficient (Wildman–Crippen LogP) is 7.56. The van der Waals surface area contributed by atoms with E-state index in [0.717, 1.165) is 51.4 Å². The molecule has 3 aromatic carbocycles. The van der Waals surface area contributed by atoms with Crippen LogP contribution in [0.1, 0.15) is 62.3 Å². The number of aliphatic carboxylic acids is 2. The molecule has 79 heavy (non-hydrogen) atoms.